The predicted molar refractivity (Wildman–Crippen MR) is 92.4 cm³/mol. The lowest BCUT2D eigenvalue weighted by molar-refractivity contribution is -0.117. The van der Waals surface area contributed by atoms with Crippen molar-refractivity contribution in [1.29, 1.82) is 0 Å². The number of nitrogens with one attached hydrogen (secondary N) is 1. The summed E-state index contributed by atoms with van der Waals surface area (Å²) in [6, 6.07) is 12.1. The second kappa shape index (κ2) is 7.03. The van der Waals surface area contributed by atoms with Crippen LogP contribution in [0.1, 0.15) is 5.69 Å². The minimum Gasteiger partial charge on any atom is -0.322 e. The first kappa shape index (κ1) is 17.1. The Bertz CT molecular complexity index is 923. The third-order valence-electron chi connectivity index (χ3n) is 3.64. The van der Waals surface area contributed by atoms with E-state index in [9.17, 15) is 13.6 Å². The van der Waals surface area contributed by atoms with Crippen LogP contribution >= 0.6 is 11.6 Å². The quantitative estimate of drug-likeness (QED) is 0.747. The fourth-order valence-corrected chi connectivity index (χ4v) is 2.53. The second-order valence-corrected chi connectivity index (χ2v) is 5.89. The number of benzene rings is 2. The van der Waals surface area contributed by atoms with E-state index >= 15 is 0 Å². The first-order chi connectivity index (χ1) is 11.9. The average Bonchev–Trinajstić information content (AvgIpc) is 2.93. The summed E-state index contributed by atoms with van der Waals surface area (Å²) in [5.74, 6) is -1.44. The fraction of sp³-hybridized carbons (Fsp3) is 0.111. The molecule has 0 atom stereocenters. The zero-order chi connectivity index (χ0) is 18.0. The topological polar surface area (TPSA) is 46.9 Å². The zero-order valence-corrected chi connectivity index (χ0v) is 14.0. The number of hydrogen-bond acceptors (Lipinski definition) is 2. The lowest BCUT2D eigenvalue weighted by atomic mass is 10.1. The number of carbonyl (C=O) groups is 1. The average molecular weight is 362 g/mol. The van der Waals surface area contributed by atoms with Gasteiger partial charge < -0.3 is 5.32 Å². The molecule has 0 bridgehead atoms. The normalized spacial score (nSPS) is 10.7. The molecule has 0 aliphatic carbocycles. The van der Waals surface area contributed by atoms with Crippen molar-refractivity contribution < 1.29 is 13.6 Å². The van der Waals surface area contributed by atoms with Crippen molar-refractivity contribution in [3.8, 4) is 11.3 Å². The number of carbonyl (C=O) groups excluding carboxylic acids is 1. The summed E-state index contributed by atoms with van der Waals surface area (Å²) in [7, 11) is 0. The summed E-state index contributed by atoms with van der Waals surface area (Å²) in [6.45, 7) is 1.71. The first-order valence-corrected chi connectivity index (χ1v) is 7.86. The summed E-state index contributed by atoms with van der Waals surface area (Å²) in [5, 5.41) is 6.76. The van der Waals surface area contributed by atoms with Gasteiger partial charge in [0.15, 0.2) is 5.82 Å². The van der Waals surface area contributed by atoms with Gasteiger partial charge in [0.05, 0.1) is 16.4 Å². The molecule has 0 aliphatic heterocycles. The van der Waals surface area contributed by atoms with E-state index in [2.05, 4.69) is 10.4 Å². The monoisotopic (exact) mass is 361 g/mol. The van der Waals surface area contributed by atoms with Gasteiger partial charge in [0.2, 0.25) is 5.91 Å². The van der Waals surface area contributed by atoms with Crippen molar-refractivity contribution in [2.75, 3.05) is 5.32 Å². The molecule has 7 heteroatoms. The number of amides is 1. The van der Waals surface area contributed by atoms with Gasteiger partial charge in [0.25, 0.3) is 0 Å². The Kier molecular flexibility index (Phi) is 4.81. The molecule has 0 radical (unpaired) electrons. The Morgan fingerprint density at radius 2 is 1.92 bits per heavy atom. The van der Waals surface area contributed by atoms with Crippen molar-refractivity contribution in [1.82, 2.24) is 9.78 Å². The molecule has 0 unspecified atom stereocenters. The molecule has 128 valence electrons. The van der Waals surface area contributed by atoms with Gasteiger partial charge in [0, 0.05) is 11.3 Å². The summed E-state index contributed by atoms with van der Waals surface area (Å²) in [5.41, 5.74) is 2.13. The first-order valence-electron chi connectivity index (χ1n) is 7.48. The molecule has 2 aromatic carbocycles. The van der Waals surface area contributed by atoms with Crippen LogP contribution in [0.3, 0.4) is 0 Å². The lowest BCUT2D eigenvalue weighted by Crippen LogP contribution is -2.20. The number of anilines is 1. The van der Waals surface area contributed by atoms with E-state index in [1.165, 1.54) is 28.9 Å². The smallest absolute Gasteiger partial charge is 0.246 e. The highest BCUT2D eigenvalue weighted by Crippen LogP contribution is 2.22. The molecule has 3 aromatic rings. The summed E-state index contributed by atoms with van der Waals surface area (Å²) in [4.78, 5) is 12.2. The van der Waals surface area contributed by atoms with Crippen LogP contribution in [0.15, 0.2) is 48.5 Å². The summed E-state index contributed by atoms with van der Waals surface area (Å²) >= 11 is 5.69. The molecule has 1 amide bonds. The van der Waals surface area contributed by atoms with Crippen molar-refractivity contribution in [2.45, 2.75) is 13.5 Å². The predicted octanol–water partition coefficient (Wildman–Crippen LogP) is 4.43. The number of aromatic nitrogens is 2. The van der Waals surface area contributed by atoms with E-state index < -0.39 is 11.7 Å². The van der Waals surface area contributed by atoms with Gasteiger partial charge in [0.1, 0.15) is 12.4 Å². The van der Waals surface area contributed by atoms with Gasteiger partial charge in [-0.25, -0.2) is 8.78 Å². The van der Waals surface area contributed by atoms with Crippen LogP contribution < -0.4 is 5.32 Å². The summed E-state index contributed by atoms with van der Waals surface area (Å²) < 4.78 is 28.3. The van der Waals surface area contributed by atoms with E-state index in [0.717, 1.165) is 11.3 Å². The van der Waals surface area contributed by atoms with Gasteiger partial charge in [-0.05, 0) is 49.4 Å². The maximum atomic E-state index is 13.8. The van der Waals surface area contributed by atoms with Crippen LogP contribution in [0, 0.1) is 18.6 Å². The minimum absolute atomic E-state index is 0.0149. The van der Waals surface area contributed by atoms with Crippen LogP contribution in [-0.4, -0.2) is 15.7 Å². The SMILES string of the molecule is Cc1cc(-c2ccc(F)cc2)nn1CC(=O)Nc1cccc(Cl)c1F. The van der Waals surface area contributed by atoms with Crippen LogP contribution in [0.25, 0.3) is 11.3 Å². The molecule has 0 saturated carbocycles. The van der Waals surface area contributed by atoms with E-state index in [4.69, 9.17) is 11.6 Å². The van der Waals surface area contributed by atoms with Gasteiger partial charge in [-0.3, -0.25) is 9.48 Å². The van der Waals surface area contributed by atoms with Gasteiger partial charge in [-0.15, -0.1) is 0 Å². The molecule has 1 aromatic heterocycles. The minimum atomic E-state index is -0.679. The maximum Gasteiger partial charge on any atom is 0.246 e. The van der Waals surface area contributed by atoms with Crippen LogP contribution in [-0.2, 0) is 11.3 Å². The standard InChI is InChI=1S/C18H14ClF2N3O/c1-11-9-16(12-5-7-13(20)8-6-12)23-24(11)10-17(25)22-15-4-2-3-14(19)18(15)21/h2-9H,10H2,1H3,(H,22,25). The van der Waals surface area contributed by atoms with Gasteiger partial charge in [-0.1, -0.05) is 17.7 Å². The fourth-order valence-electron chi connectivity index (χ4n) is 2.36. The third-order valence-corrected chi connectivity index (χ3v) is 3.93. The molecular formula is C18H14ClF2N3O. The van der Waals surface area contributed by atoms with Crippen molar-refractivity contribution in [2.24, 2.45) is 0 Å². The molecule has 25 heavy (non-hydrogen) atoms. The molecule has 0 fully saturated rings. The molecule has 1 heterocycles. The van der Waals surface area contributed by atoms with Crippen molar-refractivity contribution in [3.05, 3.63) is 70.9 Å². The Morgan fingerprint density at radius 1 is 1.20 bits per heavy atom. The number of nitrogens with zero attached hydrogens (tertiary/aromatic N) is 2. The highest BCUT2D eigenvalue weighted by Gasteiger charge is 2.13. The molecular weight excluding hydrogens is 348 g/mol. The lowest BCUT2D eigenvalue weighted by Gasteiger charge is -2.08. The third kappa shape index (κ3) is 3.85. The molecule has 0 spiro atoms. The summed E-state index contributed by atoms with van der Waals surface area (Å²) in [6.07, 6.45) is 0. The number of halogens is 3. The van der Waals surface area contributed by atoms with E-state index in [1.807, 2.05) is 0 Å². The van der Waals surface area contributed by atoms with E-state index in [1.54, 1.807) is 31.2 Å². The molecule has 1 N–H and O–H groups in total. The largest absolute Gasteiger partial charge is 0.322 e. The highest BCUT2D eigenvalue weighted by atomic mass is 35.5. The Hall–Kier alpha value is -2.73. The Morgan fingerprint density at radius 3 is 2.64 bits per heavy atom. The van der Waals surface area contributed by atoms with Gasteiger partial charge >= 0.3 is 0 Å². The van der Waals surface area contributed by atoms with Gasteiger partial charge in [-0.2, -0.15) is 5.10 Å². The second-order valence-electron chi connectivity index (χ2n) is 5.49. The van der Waals surface area contributed by atoms with Crippen molar-refractivity contribution >= 4 is 23.2 Å². The van der Waals surface area contributed by atoms with E-state index in [-0.39, 0.29) is 23.1 Å². The van der Waals surface area contributed by atoms with Crippen molar-refractivity contribution in [3.63, 3.8) is 0 Å². The molecule has 3 rings (SSSR count). The number of hydrogen-bond donors (Lipinski definition) is 1. The molecule has 0 aliphatic rings. The molecule has 0 saturated heterocycles. The maximum absolute atomic E-state index is 13.8. The number of rotatable bonds is 4. The van der Waals surface area contributed by atoms with E-state index in [0.29, 0.717) is 5.69 Å². The van der Waals surface area contributed by atoms with Crippen LogP contribution in [0.5, 0.6) is 0 Å². The van der Waals surface area contributed by atoms with Crippen LogP contribution in [0.2, 0.25) is 5.02 Å². The Balaban J connectivity index is 1.75. The zero-order valence-electron chi connectivity index (χ0n) is 13.3. The highest BCUT2D eigenvalue weighted by molar-refractivity contribution is 6.31. The Labute approximate surface area is 148 Å². The van der Waals surface area contributed by atoms with Crippen LogP contribution in [0.4, 0.5) is 14.5 Å². The number of aryl methyl sites for hydroxylation is 1. The molecule has 4 nitrogen and oxygen atoms in total.